The lowest BCUT2D eigenvalue weighted by Crippen LogP contribution is -2.34. The normalized spacial score (nSPS) is 16.1. The molecule has 3 heteroatoms. The molecule has 0 bridgehead atoms. The Hall–Kier alpha value is -1.09. The number of nitrogens with one attached hydrogen (secondary N) is 1. The second kappa shape index (κ2) is 6.74. The van der Waals surface area contributed by atoms with Crippen LogP contribution in [0.5, 0.6) is 0 Å². The third-order valence-corrected chi connectivity index (χ3v) is 3.86. The number of pyridine rings is 1. The summed E-state index contributed by atoms with van der Waals surface area (Å²) >= 11 is 0. The Labute approximate surface area is 111 Å². The van der Waals surface area contributed by atoms with E-state index in [1.807, 2.05) is 12.4 Å². The SMILES string of the molecule is CCNCc1cnccc1N(CC)C1CCCC1. The fraction of sp³-hybridized carbons (Fsp3) is 0.667. The molecule has 1 heterocycles. The smallest absolute Gasteiger partial charge is 0.0445 e. The van der Waals surface area contributed by atoms with Gasteiger partial charge in [0.25, 0.3) is 0 Å². The summed E-state index contributed by atoms with van der Waals surface area (Å²) in [6.07, 6.45) is 9.38. The molecular weight excluding hydrogens is 222 g/mol. The number of anilines is 1. The second-order valence-electron chi connectivity index (χ2n) is 5.01. The van der Waals surface area contributed by atoms with Gasteiger partial charge < -0.3 is 10.2 Å². The molecule has 0 atom stereocenters. The van der Waals surface area contributed by atoms with E-state index in [2.05, 4.69) is 35.1 Å². The quantitative estimate of drug-likeness (QED) is 0.837. The van der Waals surface area contributed by atoms with Crippen molar-refractivity contribution in [1.82, 2.24) is 10.3 Å². The molecular formula is C15H25N3. The van der Waals surface area contributed by atoms with E-state index in [0.717, 1.165) is 25.7 Å². The van der Waals surface area contributed by atoms with Crippen molar-refractivity contribution in [2.24, 2.45) is 0 Å². The van der Waals surface area contributed by atoms with Crippen molar-refractivity contribution >= 4 is 5.69 Å². The summed E-state index contributed by atoms with van der Waals surface area (Å²) in [4.78, 5) is 6.85. The zero-order valence-electron chi connectivity index (χ0n) is 11.7. The van der Waals surface area contributed by atoms with Gasteiger partial charge in [0.2, 0.25) is 0 Å². The molecule has 1 aliphatic rings. The van der Waals surface area contributed by atoms with Crippen LogP contribution in [0.25, 0.3) is 0 Å². The molecule has 1 N–H and O–H groups in total. The average molecular weight is 247 g/mol. The molecule has 1 aromatic heterocycles. The van der Waals surface area contributed by atoms with Crippen molar-refractivity contribution < 1.29 is 0 Å². The van der Waals surface area contributed by atoms with E-state index >= 15 is 0 Å². The maximum Gasteiger partial charge on any atom is 0.0445 e. The molecule has 3 nitrogen and oxygen atoms in total. The van der Waals surface area contributed by atoms with Crippen LogP contribution in [-0.2, 0) is 6.54 Å². The summed E-state index contributed by atoms with van der Waals surface area (Å²) in [6.45, 7) is 7.42. The predicted molar refractivity (Wildman–Crippen MR) is 76.9 cm³/mol. The highest BCUT2D eigenvalue weighted by molar-refractivity contribution is 5.53. The fourth-order valence-electron chi connectivity index (χ4n) is 2.94. The minimum Gasteiger partial charge on any atom is -0.368 e. The highest BCUT2D eigenvalue weighted by atomic mass is 15.2. The summed E-state index contributed by atoms with van der Waals surface area (Å²) in [6, 6.07) is 2.91. The van der Waals surface area contributed by atoms with Crippen LogP contribution in [0.2, 0.25) is 0 Å². The van der Waals surface area contributed by atoms with E-state index in [1.165, 1.54) is 36.9 Å². The highest BCUT2D eigenvalue weighted by Crippen LogP contribution is 2.29. The molecule has 1 aromatic rings. The lowest BCUT2D eigenvalue weighted by atomic mass is 10.1. The van der Waals surface area contributed by atoms with Gasteiger partial charge in [-0.3, -0.25) is 4.98 Å². The van der Waals surface area contributed by atoms with E-state index in [4.69, 9.17) is 0 Å². The van der Waals surface area contributed by atoms with Crippen molar-refractivity contribution in [1.29, 1.82) is 0 Å². The first-order chi connectivity index (χ1) is 8.86. The van der Waals surface area contributed by atoms with Gasteiger partial charge in [0, 0.05) is 42.8 Å². The van der Waals surface area contributed by atoms with Crippen LogP contribution in [0.3, 0.4) is 0 Å². The van der Waals surface area contributed by atoms with Crippen LogP contribution in [0, 0.1) is 0 Å². The first-order valence-corrected chi connectivity index (χ1v) is 7.27. The number of rotatable bonds is 6. The Kier molecular flexibility index (Phi) is 5.00. The second-order valence-corrected chi connectivity index (χ2v) is 5.01. The lowest BCUT2D eigenvalue weighted by Gasteiger charge is -2.31. The fourth-order valence-corrected chi connectivity index (χ4v) is 2.94. The van der Waals surface area contributed by atoms with E-state index in [-0.39, 0.29) is 0 Å². The van der Waals surface area contributed by atoms with Gasteiger partial charge in [0.1, 0.15) is 0 Å². The summed E-state index contributed by atoms with van der Waals surface area (Å²) < 4.78 is 0. The monoisotopic (exact) mass is 247 g/mol. The third-order valence-electron chi connectivity index (χ3n) is 3.86. The van der Waals surface area contributed by atoms with Crippen molar-refractivity contribution in [2.75, 3.05) is 18.0 Å². The highest BCUT2D eigenvalue weighted by Gasteiger charge is 2.23. The van der Waals surface area contributed by atoms with Gasteiger partial charge in [-0.15, -0.1) is 0 Å². The van der Waals surface area contributed by atoms with Gasteiger partial charge in [-0.25, -0.2) is 0 Å². The molecule has 1 fully saturated rings. The van der Waals surface area contributed by atoms with Crippen LogP contribution >= 0.6 is 0 Å². The van der Waals surface area contributed by atoms with Gasteiger partial charge in [0.05, 0.1) is 0 Å². The first kappa shape index (κ1) is 13.3. The van der Waals surface area contributed by atoms with Crippen LogP contribution in [-0.4, -0.2) is 24.1 Å². The topological polar surface area (TPSA) is 28.2 Å². The molecule has 0 saturated heterocycles. The van der Waals surface area contributed by atoms with Gasteiger partial charge >= 0.3 is 0 Å². The Balaban J connectivity index is 2.17. The lowest BCUT2D eigenvalue weighted by molar-refractivity contribution is 0.613. The molecule has 18 heavy (non-hydrogen) atoms. The zero-order valence-corrected chi connectivity index (χ0v) is 11.7. The molecule has 0 spiro atoms. The van der Waals surface area contributed by atoms with Crippen LogP contribution in [0.4, 0.5) is 5.69 Å². The van der Waals surface area contributed by atoms with Crippen molar-refractivity contribution in [3.63, 3.8) is 0 Å². The van der Waals surface area contributed by atoms with Crippen LogP contribution in [0.1, 0.15) is 45.1 Å². The third kappa shape index (κ3) is 3.02. The van der Waals surface area contributed by atoms with Gasteiger partial charge in [-0.2, -0.15) is 0 Å². The maximum atomic E-state index is 4.27. The Morgan fingerprint density at radius 2 is 2.11 bits per heavy atom. The largest absolute Gasteiger partial charge is 0.368 e. The maximum absolute atomic E-state index is 4.27. The predicted octanol–water partition coefficient (Wildman–Crippen LogP) is 2.96. The average Bonchev–Trinajstić information content (AvgIpc) is 2.92. The van der Waals surface area contributed by atoms with Gasteiger partial charge in [0.15, 0.2) is 0 Å². The van der Waals surface area contributed by atoms with E-state index in [9.17, 15) is 0 Å². The summed E-state index contributed by atoms with van der Waals surface area (Å²) in [5.74, 6) is 0. The van der Waals surface area contributed by atoms with E-state index < -0.39 is 0 Å². The Bertz CT molecular complexity index is 359. The molecule has 0 aliphatic heterocycles. The van der Waals surface area contributed by atoms with Crippen molar-refractivity contribution in [2.45, 2.75) is 52.1 Å². The van der Waals surface area contributed by atoms with Crippen molar-refractivity contribution in [3.05, 3.63) is 24.0 Å². The Morgan fingerprint density at radius 1 is 1.33 bits per heavy atom. The number of hydrogen-bond acceptors (Lipinski definition) is 3. The molecule has 0 radical (unpaired) electrons. The van der Waals surface area contributed by atoms with Crippen LogP contribution < -0.4 is 10.2 Å². The molecule has 100 valence electrons. The first-order valence-electron chi connectivity index (χ1n) is 7.27. The molecule has 0 aromatic carbocycles. The molecule has 0 unspecified atom stereocenters. The number of nitrogens with zero attached hydrogens (tertiary/aromatic N) is 2. The summed E-state index contributed by atoms with van der Waals surface area (Å²) in [7, 11) is 0. The zero-order chi connectivity index (χ0) is 12.8. The van der Waals surface area contributed by atoms with Gasteiger partial charge in [-0.1, -0.05) is 19.8 Å². The standard InChI is InChI=1S/C15H25N3/c1-3-16-11-13-12-17-10-9-15(13)18(4-2)14-7-5-6-8-14/h9-10,12,14,16H,3-8,11H2,1-2H3. The van der Waals surface area contributed by atoms with Crippen LogP contribution in [0.15, 0.2) is 18.5 Å². The number of hydrogen-bond donors (Lipinski definition) is 1. The van der Waals surface area contributed by atoms with Gasteiger partial charge in [-0.05, 0) is 32.4 Å². The van der Waals surface area contributed by atoms with E-state index in [0.29, 0.717) is 0 Å². The minimum absolute atomic E-state index is 0.734. The molecule has 1 aliphatic carbocycles. The van der Waals surface area contributed by atoms with E-state index in [1.54, 1.807) is 0 Å². The molecule has 0 amide bonds. The summed E-state index contributed by atoms with van der Waals surface area (Å²) in [5, 5.41) is 3.41. The summed E-state index contributed by atoms with van der Waals surface area (Å²) in [5.41, 5.74) is 2.70. The molecule has 1 saturated carbocycles. The molecule has 2 rings (SSSR count). The number of aromatic nitrogens is 1. The van der Waals surface area contributed by atoms with Crippen molar-refractivity contribution in [3.8, 4) is 0 Å². The minimum atomic E-state index is 0.734. The Morgan fingerprint density at radius 3 is 2.78 bits per heavy atom.